The standard InChI is InChI=1S/C13H16ClNO4S/c1-8-7-12(9(2)6-10(8)14)20(18,19)15-5-3-4-11(15)13(16)17/h6-7,11H,3-5H2,1-2H3,(H,16,17)/t11-/m0/s1. The average molecular weight is 318 g/mol. The van der Waals surface area contributed by atoms with Crippen LogP contribution >= 0.6 is 11.6 Å². The van der Waals surface area contributed by atoms with Gasteiger partial charge >= 0.3 is 5.97 Å². The van der Waals surface area contributed by atoms with Crippen LogP contribution in [0.2, 0.25) is 5.02 Å². The monoisotopic (exact) mass is 317 g/mol. The molecule has 2 rings (SSSR count). The molecule has 5 nitrogen and oxygen atoms in total. The zero-order valence-electron chi connectivity index (χ0n) is 11.3. The Hall–Kier alpha value is -1.11. The van der Waals surface area contributed by atoms with E-state index in [9.17, 15) is 13.2 Å². The molecule has 0 aliphatic carbocycles. The van der Waals surface area contributed by atoms with Gasteiger partial charge in [0.1, 0.15) is 6.04 Å². The Morgan fingerprint density at radius 1 is 1.35 bits per heavy atom. The molecule has 0 bridgehead atoms. The second-order valence-corrected chi connectivity index (χ2v) is 7.25. The zero-order chi connectivity index (χ0) is 15.1. The van der Waals surface area contributed by atoms with Gasteiger partial charge in [-0.25, -0.2) is 8.42 Å². The van der Waals surface area contributed by atoms with Crippen LogP contribution in [-0.2, 0) is 14.8 Å². The molecule has 0 aromatic heterocycles. The van der Waals surface area contributed by atoms with Gasteiger partial charge in [0, 0.05) is 11.6 Å². The average Bonchev–Trinajstić information content (AvgIpc) is 2.83. The van der Waals surface area contributed by atoms with E-state index in [1.54, 1.807) is 19.9 Å². The number of sulfonamides is 1. The molecule has 0 radical (unpaired) electrons. The first-order valence-corrected chi connectivity index (χ1v) is 8.08. The number of aryl methyl sites for hydroxylation is 2. The molecule has 1 aliphatic heterocycles. The van der Waals surface area contributed by atoms with Gasteiger partial charge in [-0.3, -0.25) is 4.79 Å². The molecular formula is C13H16ClNO4S. The third-order valence-electron chi connectivity index (χ3n) is 3.53. The van der Waals surface area contributed by atoms with Crippen LogP contribution in [0, 0.1) is 13.8 Å². The highest BCUT2D eigenvalue weighted by atomic mass is 35.5. The van der Waals surface area contributed by atoms with Crippen molar-refractivity contribution in [2.45, 2.75) is 37.6 Å². The lowest BCUT2D eigenvalue weighted by Gasteiger charge is -2.22. The Morgan fingerprint density at radius 3 is 2.60 bits per heavy atom. The number of carboxylic acid groups (broad SMARTS) is 1. The first-order valence-electron chi connectivity index (χ1n) is 6.26. The molecule has 0 saturated carbocycles. The van der Waals surface area contributed by atoms with Crippen LogP contribution in [-0.4, -0.2) is 36.4 Å². The summed E-state index contributed by atoms with van der Waals surface area (Å²) in [6.45, 7) is 3.61. The van der Waals surface area contributed by atoms with Gasteiger partial charge in [-0.1, -0.05) is 11.6 Å². The fourth-order valence-corrected chi connectivity index (χ4v) is 4.60. The van der Waals surface area contributed by atoms with Gasteiger partial charge in [0.2, 0.25) is 10.0 Å². The third-order valence-corrected chi connectivity index (χ3v) is 5.99. The van der Waals surface area contributed by atoms with Crippen LogP contribution in [0.15, 0.2) is 17.0 Å². The highest BCUT2D eigenvalue weighted by Crippen LogP contribution is 2.30. The van der Waals surface area contributed by atoms with Crippen LogP contribution < -0.4 is 0 Å². The summed E-state index contributed by atoms with van der Waals surface area (Å²) in [4.78, 5) is 11.3. The Labute approximate surface area is 123 Å². The van der Waals surface area contributed by atoms with Crippen LogP contribution in [0.3, 0.4) is 0 Å². The lowest BCUT2D eigenvalue weighted by Crippen LogP contribution is -2.40. The van der Waals surface area contributed by atoms with Gasteiger partial charge < -0.3 is 5.11 Å². The maximum Gasteiger partial charge on any atom is 0.322 e. The molecule has 0 unspecified atom stereocenters. The minimum atomic E-state index is -3.81. The number of benzene rings is 1. The molecule has 1 aromatic rings. The van der Waals surface area contributed by atoms with Crippen LogP contribution in [0.25, 0.3) is 0 Å². The number of rotatable bonds is 3. The smallest absolute Gasteiger partial charge is 0.322 e. The van der Waals surface area contributed by atoms with Crippen molar-refractivity contribution in [2.75, 3.05) is 6.54 Å². The molecule has 1 fully saturated rings. The Morgan fingerprint density at radius 2 is 2.00 bits per heavy atom. The van der Waals surface area contributed by atoms with Crippen molar-refractivity contribution in [1.29, 1.82) is 0 Å². The molecule has 0 amide bonds. The molecule has 1 saturated heterocycles. The normalized spacial score (nSPS) is 20.2. The lowest BCUT2D eigenvalue weighted by molar-refractivity contribution is -0.140. The SMILES string of the molecule is Cc1cc(S(=O)(=O)N2CCC[C@H]2C(=O)O)c(C)cc1Cl. The molecule has 1 heterocycles. The first kappa shape index (κ1) is 15.3. The van der Waals surface area contributed by atoms with Crippen LogP contribution in [0.1, 0.15) is 24.0 Å². The second-order valence-electron chi connectivity index (χ2n) is 4.98. The van der Waals surface area contributed by atoms with Crippen LogP contribution in [0.4, 0.5) is 0 Å². The van der Waals surface area contributed by atoms with Gasteiger partial charge in [-0.2, -0.15) is 4.31 Å². The van der Waals surface area contributed by atoms with Crippen molar-refractivity contribution in [3.05, 3.63) is 28.3 Å². The highest BCUT2D eigenvalue weighted by Gasteiger charge is 2.40. The summed E-state index contributed by atoms with van der Waals surface area (Å²) < 4.78 is 26.4. The van der Waals surface area contributed by atoms with Crippen molar-refractivity contribution >= 4 is 27.6 Å². The molecule has 20 heavy (non-hydrogen) atoms. The van der Waals surface area contributed by atoms with E-state index in [1.165, 1.54) is 6.07 Å². The summed E-state index contributed by atoms with van der Waals surface area (Å²) in [5, 5.41) is 9.63. The number of nitrogens with zero attached hydrogens (tertiary/aromatic N) is 1. The summed E-state index contributed by atoms with van der Waals surface area (Å²) in [6, 6.07) is 2.12. The van der Waals surface area contributed by atoms with Gasteiger partial charge in [-0.05, 0) is 49.9 Å². The number of halogens is 1. The summed E-state index contributed by atoms with van der Waals surface area (Å²) in [5.41, 5.74) is 1.18. The zero-order valence-corrected chi connectivity index (χ0v) is 12.8. The Kier molecular flexibility index (Phi) is 4.09. The van der Waals surface area contributed by atoms with Gasteiger partial charge in [0.25, 0.3) is 0 Å². The summed E-state index contributed by atoms with van der Waals surface area (Å²) in [6.07, 6.45) is 0.905. The molecule has 1 aliphatic rings. The topological polar surface area (TPSA) is 74.7 Å². The van der Waals surface area contributed by atoms with E-state index in [-0.39, 0.29) is 11.4 Å². The fraction of sp³-hybridized carbons (Fsp3) is 0.462. The lowest BCUT2D eigenvalue weighted by atomic mass is 10.2. The predicted molar refractivity (Wildman–Crippen MR) is 75.5 cm³/mol. The number of carbonyl (C=O) groups is 1. The molecule has 7 heteroatoms. The quantitative estimate of drug-likeness (QED) is 0.927. The van der Waals surface area contributed by atoms with E-state index in [0.717, 1.165) is 4.31 Å². The number of hydrogen-bond donors (Lipinski definition) is 1. The van der Waals surface area contributed by atoms with E-state index in [0.29, 0.717) is 29.0 Å². The fourth-order valence-electron chi connectivity index (χ4n) is 2.43. The third kappa shape index (κ3) is 2.55. The van der Waals surface area contributed by atoms with Crippen LogP contribution in [0.5, 0.6) is 0 Å². The van der Waals surface area contributed by atoms with E-state index >= 15 is 0 Å². The maximum atomic E-state index is 12.7. The number of hydrogen-bond acceptors (Lipinski definition) is 3. The molecule has 1 atom stereocenters. The summed E-state index contributed by atoms with van der Waals surface area (Å²) in [7, 11) is -3.81. The molecule has 1 aromatic carbocycles. The van der Waals surface area contributed by atoms with Crippen molar-refractivity contribution in [3.8, 4) is 0 Å². The minimum Gasteiger partial charge on any atom is -0.480 e. The maximum absolute atomic E-state index is 12.7. The van der Waals surface area contributed by atoms with E-state index in [1.807, 2.05) is 0 Å². The summed E-state index contributed by atoms with van der Waals surface area (Å²) in [5.74, 6) is -1.10. The van der Waals surface area contributed by atoms with Crippen molar-refractivity contribution in [2.24, 2.45) is 0 Å². The van der Waals surface area contributed by atoms with E-state index in [2.05, 4.69) is 0 Å². The first-order chi connectivity index (χ1) is 9.25. The van der Waals surface area contributed by atoms with E-state index in [4.69, 9.17) is 16.7 Å². The predicted octanol–water partition coefficient (Wildman–Crippen LogP) is 2.19. The van der Waals surface area contributed by atoms with Gasteiger partial charge in [0.15, 0.2) is 0 Å². The largest absolute Gasteiger partial charge is 0.480 e. The second kappa shape index (κ2) is 5.35. The van der Waals surface area contributed by atoms with Gasteiger partial charge in [0.05, 0.1) is 4.90 Å². The molecule has 1 N–H and O–H groups in total. The van der Waals surface area contributed by atoms with Crippen molar-refractivity contribution in [1.82, 2.24) is 4.31 Å². The molecule has 0 spiro atoms. The molecule has 110 valence electrons. The number of aliphatic carboxylic acids is 1. The minimum absolute atomic E-state index is 0.132. The number of carboxylic acids is 1. The molecular weight excluding hydrogens is 302 g/mol. The highest BCUT2D eigenvalue weighted by molar-refractivity contribution is 7.89. The Balaban J connectivity index is 2.50. The van der Waals surface area contributed by atoms with Gasteiger partial charge in [-0.15, -0.1) is 0 Å². The van der Waals surface area contributed by atoms with Crippen molar-refractivity contribution < 1.29 is 18.3 Å². The van der Waals surface area contributed by atoms with Crippen molar-refractivity contribution in [3.63, 3.8) is 0 Å². The Bertz CT molecular complexity index is 657. The summed E-state index contributed by atoms with van der Waals surface area (Å²) >= 11 is 5.97. The van der Waals surface area contributed by atoms with E-state index < -0.39 is 22.0 Å².